The number of aliphatic hydroxyl groups is 1. The molecule has 0 heterocycles. The van der Waals surface area contributed by atoms with Gasteiger partial charge in [-0.3, -0.25) is 4.79 Å². The number of carbonyl (C=O) groups is 2. The van der Waals surface area contributed by atoms with Crippen molar-refractivity contribution in [1.82, 2.24) is 14.1 Å². The van der Waals surface area contributed by atoms with Gasteiger partial charge in [0.05, 0.1) is 18.1 Å². The van der Waals surface area contributed by atoms with E-state index in [0.29, 0.717) is 17.7 Å². The van der Waals surface area contributed by atoms with Crippen LogP contribution in [0.15, 0.2) is 89.8 Å². The number of hydrogen-bond acceptors (Lipinski definition) is 7. The number of rotatable bonds is 17. The summed E-state index contributed by atoms with van der Waals surface area (Å²) < 4.78 is 34.4. The summed E-state index contributed by atoms with van der Waals surface area (Å²) in [6.45, 7) is 3.57. The van der Waals surface area contributed by atoms with Gasteiger partial charge in [0.15, 0.2) is 0 Å². The SMILES string of the molecule is COc1ccc(S(=O)(=O)N(CC(O)CN(CCc2ccccc2)C(=O)[C@H](C(C)C)N(Cc2ccccc2)C(=O)[O-])CC2CCCC2)cc1. The number of aliphatic hydroxyl groups excluding tert-OH is 1. The van der Waals surface area contributed by atoms with Crippen LogP contribution in [0.3, 0.4) is 0 Å². The summed E-state index contributed by atoms with van der Waals surface area (Å²) in [6, 6.07) is 23.7. The Morgan fingerprint density at radius 3 is 2.02 bits per heavy atom. The van der Waals surface area contributed by atoms with Crippen molar-refractivity contribution in [2.24, 2.45) is 11.8 Å². The molecular formula is C37H48N3O7S-. The number of hydrogen-bond donors (Lipinski definition) is 1. The van der Waals surface area contributed by atoms with Gasteiger partial charge in [-0.15, -0.1) is 0 Å². The maximum atomic E-state index is 14.4. The number of carbonyl (C=O) groups excluding carboxylic acids is 2. The summed E-state index contributed by atoms with van der Waals surface area (Å²) in [7, 11) is -2.48. The molecule has 1 aliphatic rings. The highest BCUT2D eigenvalue weighted by molar-refractivity contribution is 7.89. The van der Waals surface area contributed by atoms with Gasteiger partial charge in [0.25, 0.3) is 0 Å². The molecule has 0 radical (unpaired) electrons. The molecule has 260 valence electrons. The molecular weight excluding hydrogens is 630 g/mol. The Bertz CT molecular complexity index is 1550. The molecule has 4 rings (SSSR count). The van der Waals surface area contributed by atoms with E-state index >= 15 is 0 Å². The quantitative estimate of drug-likeness (QED) is 0.227. The van der Waals surface area contributed by atoms with Crippen LogP contribution < -0.4 is 9.84 Å². The van der Waals surface area contributed by atoms with Gasteiger partial charge in [-0.1, -0.05) is 87.4 Å². The van der Waals surface area contributed by atoms with E-state index in [9.17, 15) is 28.2 Å². The van der Waals surface area contributed by atoms with Gasteiger partial charge in [-0.25, -0.2) is 8.42 Å². The fourth-order valence-corrected chi connectivity index (χ4v) is 7.97. The number of amides is 2. The average molecular weight is 679 g/mol. The number of nitrogens with zero attached hydrogens (tertiary/aromatic N) is 3. The highest BCUT2D eigenvalue weighted by Gasteiger charge is 2.35. The third-order valence-corrected chi connectivity index (χ3v) is 10.8. The molecule has 1 N–H and O–H groups in total. The van der Waals surface area contributed by atoms with Crippen LogP contribution in [0.5, 0.6) is 5.75 Å². The molecule has 3 aromatic carbocycles. The zero-order chi connectivity index (χ0) is 34.7. The van der Waals surface area contributed by atoms with Crippen LogP contribution in [-0.4, -0.2) is 85.1 Å². The van der Waals surface area contributed by atoms with Crippen molar-refractivity contribution in [2.75, 3.05) is 33.3 Å². The first-order valence-corrected chi connectivity index (χ1v) is 18.1. The fourth-order valence-electron chi connectivity index (χ4n) is 6.42. The van der Waals surface area contributed by atoms with Crippen LogP contribution in [0.2, 0.25) is 0 Å². The number of methoxy groups -OCH3 is 1. The smallest absolute Gasteiger partial charge is 0.245 e. The molecule has 48 heavy (non-hydrogen) atoms. The highest BCUT2D eigenvalue weighted by atomic mass is 32.2. The van der Waals surface area contributed by atoms with Crippen molar-refractivity contribution in [3.63, 3.8) is 0 Å². The third kappa shape index (κ3) is 10.0. The number of carboxylic acid groups (broad SMARTS) is 1. The summed E-state index contributed by atoms with van der Waals surface area (Å²) >= 11 is 0. The minimum atomic E-state index is -3.99. The zero-order valence-corrected chi connectivity index (χ0v) is 28.9. The van der Waals surface area contributed by atoms with Gasteiger partial charge in [0.1, 0.15) is 17.9 Å². The van der Waals surface area contributed by atoms with Crippen LogP contribution >= 0.6 is 0 Å². The van der Waals surface area contributed by atoms with Crippen LogP contribution in [0.4, 0.5) is 4.79 Å². The lowest BCUT2D eigenvalue weighted by molar-refractivity contribution is -0.269. The third-order valence-electron chi connectivity index (χ3n) is 8.95. The Hall–Kier alpha value is -3.93. The van der Waals surface area contributed by atoms with E-state index < -0.39 is 40.1 Å². The van der Waals surface area contributed by atoms with Gasteiger partial charge in [-0.2, -0.15) is 4.31 Å². The van der Waals surface area contributed by atoms with Crippen molar-refractivity contribution < 1.29 is 33.0 Å². The molecule has 1 saturated carbocycles. The molecule has 0 spiro atoms. The predicted octanol–water partition coefficient (Wildman–Crippen LogP) is 4.18. The molecule has 10 nitrogen and oxygen atoms in total. The Labute approximate surface area is 285 Å². The first-order chi connectivity index (χ1) is 23.0. The molecule has 0 aliphatic heterocycles. The van der Waals surface area contributed by atoms with E-state index in [-0.39, 0.29) is 43.5 Å². The minimum Gasteiger partial charge on any atom is -0.530 e. The molecule has 1 unspecified atom stereocenters. The monoisotopic (exact) mass is 678 g/mol. The lowest BCUT2D eigenvalue weighted by atomic mass is 9.99. The molecule has 0 saturated heterocycles. The van der Waals surface area contributed by atoms with Crippen LogP contribution in [-0.2, 0) is 27.8 Å². The molecule has 3 aromatic rings. The zero-order valence-electron chi connectivity index (χ0n) is 28.1. The minimum absolute atomic E-state index is 0.0396. The fraction of sp³-hybridized carbons (Fsp3) is 0.459. The van der Waals surface area contributed by atoms with Crippen LogP contribution in [0.1, 0.15) is 50.7 Å². The molecule has 1 fully saturated rings. The van der Waals surface area contributed by atoms with Crippen molar-refractivity contribution in [3.8, 4) is 5.75 Å². The Kier molecular flexibility index (Phi) is 13.4. The van der Waals surface area contributed by atoms with Gasteiger partial charge in [0.2, 0.25) is 15.9 Å². The van der Waals surface area contributed by atoms with Crippen LogP contribution in [0, 0.1) is 11.8 Å². The van der Waals surface area contributed by atoms with E-state index in [4.69, 9.17) is 4.74 Å². The number of sulfonamides is 1. The first-order valence-electron chi connectivity index (χ1n) is 16.7. The largest absolute Gasteiger partial charge is 0.530 e. The van der Waals surface area contributed by atoms with E-state index in [1.807, 2.05) is 36.4 Å². The molecule has 0 aromatic heterocycles. The maximum Gasteiger partial charge on any atom is 0.245 e. The Morgan fingerprint density at radius 2 is 1.48 bits per heavy atom. The summed E-state index contributed by atoms with van der Waals surface area (Å²) in [5.74, 6) is -0.187. The van der Waals surface area contributed by atoms with E-state index in [1.54, 1.807) is 50.2 Å². The topological polar surface area (TPSA) is 131 Å². The van der Waals surface area contributed by atoms with Crippen molar-refractivity contribution in [3.05, 3.63) is 96.1 Å². The second-order valence-corrected chi connectivity index (χ2v) is 14.8. The predicted molar refractivity (Wildman–Crippen MR) is 182 cm³/mol. The molecule has 2 amide bonds. The van der Waals surface area contributed by atoms with E-state index in [1.165, 1.54) is 28.4 Å². The Morgan fingerprint density at radius 1 is 0.896 bits per heavy atom. The Balaban J connectivity index is 1.61. The molecule has 11 heteroatoms. The standard InChI is InChI=1S/C37H49N3O7S/c1-28(2)35(40(37(43)44)25-31-14-8-5-9-15-31)36(42)38(23-22-29-12-6-4-7-13-29)26-32(41)27-39(24-30-16-10-11-17-30)48(45,46)34-20-18-33(47-3)19-21-34/h4-9,12-15,18-21,28,30,32,35,41H,10-11,16-17,22-27H2,1-3H3,(H,43,44)/p-1/t32?,35-/m0/s1. The van der Waals surface area contributed by atoms with Gasteiger partial charge < -0.3 is 29.5 Å². The molecule has 2 atom stereocenters. The maximum absolute atomic E-state index is 14.4. The van der Waals surface area contributed by atoms with Crippen LogP contribution in [0.25, 0.3) is 0 Å². The summed E-state index contributed by atoms with van der Waals surface area (Å²) in [5.41, 5.74) is 1.68. The van der Waals surface area contributed by atoms with Crippen molar-refractivity contribution >= 4 is 22.0 Å². The lowest BCUT2D eigenvalue weighted by Gasteiger charge is -2.39. The number of benzene rings is 3. The van der Waals surface area contributed by atoms with Crippen molar-refractivity contribution in [2.45, 2.75) is 69.5 Å². The molecule has 1 aliphatic carbocycles. The second-order valence-electron chi connectivity index (χ2n) is 12.9. The van der Waals surface area contributed by atoms with E-state index in [0.717, 1.165) is 36.1 Å². The normalized spacial score (nSPS) is 15.0. The summed E-state index contributed by atoms with van der Waals surface area (Å²) in [4.78, 5) is 29.5. The number of ether oxygens (including phenoxy) is 1. The van der Waals surface area contributed by atoms with E-state index in [2.05, 4.69) is 0 Å². The van der Waals surface area contributed by atoms with Gasteiger partial charge in [-0.05, 0) is 66.5 Å². The summed E-state index contributed by atoms with van der Waals surface area (Å²) in [6.07, 6.45) is 1.62. The van der Waals surface area contributed by atoms with Crippen molar-refractivity contribution in [1.29, 1.82) is 0 Å². The van der Waals surface area contributed by atoms with Gasteiger partial charge in [0, 0.05) is 32.7 Å². The lowest BCUT2D eigenvalue weighted by Crippen LogP contribution is -2.57. The first kappa shape index (κ1) is 36.9. The second kappa shape index (κ2) is 17.5. The van der Waals surface area contributed by atoms with Gasteiger partial charge >= 0.3 is 0 Å². The highest BCUT2D eigenvalue weighted by Crippen LogP contribution is 2.29. The molecule has 0 bridgehead atoms. The average Bonchev–Trinajstić information content (AvgIpc) is 3.60. The summed E-state index contributed by atoms with van der Waals surface area (Å²) in [5, 5.41) is 24.0.